The van der Waals surface area contributed by atoms with E-state index in [0.717, 1.165) is 66.7 Å². The zero-order valence-corrected chi connectivity index (χ0v) is 35.5. The highest BCUT2D eigenvalue weighted by Gasteiger charge is 2.10. The van der Waals surface area contributed by atoms with Crippen LogP contribution in [-0.4, -0.2) is 30.2 Å². The second kappa shape index (κ2) is 20.3. The Balaban J connectivity index is 0.000000173. The Morgan fingerprint density at radius 1 is 0.339 bits per heavy atom. The van der Waals surface area contributed by atoms with Gasteiger partial charge in [0.1, 0.15) is 11.0 Å². The molecular formula is C52H46N6O4. The van der Waals surface area contributed by atoms with Crippen molar-refractivity contribution in [3.8, 4) is 45.8 Å². The molecule has 308 valence electrons. The summed E-state index contributed by atoms with van der Waals surface area (Å²) in [7, 11) is 0. The number of hydrogen-bond donors (Lipinski definition) is 0. The van der Waals surface area contributed by atoms with Crippen LogP contribution < -0.4 is 0 Å². The van der Waals surface area contributed by atoms with Crippen molar-refractivity contribution in [1.29, 1.82) is 0 Å². The summed E-state index contributed by atoms with van der Waals surface area (Å²) in [5.41, 5.74) is 11.4. The van der Waals surface area contributed by atoms with E-state index in [-0.39, 0.29) is 0 Å². The summed E-state index contributed by atoms with van der Waals surface area (Å²) >= 11 is 0. The summed E-state index contributed by atoms with van der Waals surface area (Å²) < 4.78 is 22.0. The molecule has 4 heterocycles. The number of oxazole rings is 2. The standard InChI is InChI=1S/2C24H17N3O2.2C2H6/c2*1-16-25-24(29-27-16)20-14-10-18(11-15-20)7-6-17-8-12-19(13-9-17)23-26-21-4-2-3-5-22(21)28-23;2*1-2/h2*2-15H,1H3;2*1-2H3/b2*7-6+;;. The van der Waals surface area contributed by atoms with Crippen molar-refractivity contribution in [2.45, 2.75) is 41.5 Å². The first-order valence-corrected chi connectivity index (χ1v) is 20.6. The molecule has 0 saturated heterocycles. The predicted molar refractivity (Wildman–Crippen MR) is 248 cm³/mol. The van der Waals surface area contributed by atoms with Gasteiger partial charge in [0.05, 0.1) is 0 Å². The average molecular weight is 819 g/mol. The normalized spacial score (nSPS) is 10.9. The Morgan fingerprint density at radius 3 is 0.903 bits per heavy atom. The van der Waals surface area contributed by atoms with Gasteiger partial charge in [-0.3, -0.25) is 0 Å². The lowest BCUT2D eigenvalue weighted by Crippen LogP contribution is -1.80. The van der Waals surface area contributed by atoms with E-state index in [1.165, 1.54) is 0 Å². The molecule has 62 heavy (non-hydrogen) atoms. The Hall–Kier alpha value is -7.98. The molecule has 0 atom stereocenters. The molecule has 0 aliphatic heterocycles. The summed E-state index contributed by atoms with van der Waals surface area (Å²) in [6.45, 7) is 11.6. The molecular weight excluding hydrogens is 773 g/mol. The topological polar surface area (TPSA) is 130 Å². The highest BCUT2D eigenvalue weighted by atomic mass is 16.5. The third-order valence-corrected chi connectivity index (χ3v) is 9.21. The molecule has 0 aliphatic carbocycles. The van der Waals surface area contributed by atoms with Gasteiger partial charge in [0, 0.05) is 22.3 Å². The van der Waals surface area contributed by atoms with Gasteiger partial charge in [0.2, 0.25) is 11.8 Å². The highest BCUT2D eigenvalue weighted by molar-refractivity contribution is 5.78. The Bertz CT molecular complexity index is 2730. The third kappa shape index (κ3) is 10.4. The summed E-state index contributed by atoms with van der Waals surface area (Å²) in [6, 6.07) is 47.8. The van der Waals surface area contributed by atoms with E-state index in [4.69, 9.17) is 17.9 Å². The lowest BCUT2D eigenvalue weighted by molar-refractivity contribution is 0.425. The summed E-state index contributed by atoms with van der Waals surface area (Å²) in [6.07, 6.45) is 8.28. The zero-order valence-electron chi connectivity index (χ0n) is 35.5. The van der Waals surface area contributed by atoms with Gasteiger partial charge in [-0.05, 0) is 109 Å². The van der Waals surface area contributed by atoms with Gasteiger partial charge in [0.15, 0.2) is 22.8 Å². The van der Waals surface area contributed by atoms with Crippen LogP contribution in [0.25, 0.3) is 92.3 Å². The van der Waals surface area contributed by atoms with Gasteiger partial charge in [0.25, 0.3) is 11.8 Å². The van der Waals surface area contributed by atoms with Crippen molar-refractivity contribution >= 4 is 46.5 Å². The van der Waals surface area contributed by atoms with Gasteiger partial charge in [-0.1, -0.05) is 135 Å². The van der Waals surface area contributed by atoms with Crippen LogP contribution in [0.3, 0.4) is 0 Å². The second-order valence-electron chi connectivity index (χ2n) is 13.4. The Labute approximate surface area is 360 Å². The molecule has 0 unspecified atom stereocenters. The minimum Gasteiger partial charge on any atom is -0.436 e. The molecule has 10 heteroatoms. The van der Waals surface area contributed by atoms with E-state index in [0.29, 0.717) is 35.2 Å². The van der Waals surface area contributed by atoms with Crippen LogP contribution in [0.1, 0.15) is 61.6 Å². The van der Waals surface area contributed by atoms with Crippen LogP contribution in [0, 0.1) is 13.8 Å². The largest absolute Gasteiger partial charge is 0.436 e. The Kier molecular flexibility index (Phi) is 13.8. The van der Waals surface area contributed by atoms with Crippen LogP contribution in [0.15, 0.2) is 163 Å². The number of fused-ring (bicyclic) bond motifs is 2. The van der Waals surface area contributed by atoms with Crippen LogP contribution in [0.4, 0.5) is 0 Å². The number of hydrogen-bond acceptors (Lipinski definition) is 10. The van der Waals surface area contributed by atoms with E-state index in [1.54, 1.807) is 13.8 Å². The molecule has 0 N–H and O–H groups in total. The molecule has 0 radical (unpaired) electrons. The molecule has 10 nitrogen and oxygen atoms in total. The van der Waals surface area contributed by atoms with Gasteiger partial charge in [-0.25, -0.2) is 9.97 Å². The SMILES string of the molecule is CC.CC.Cc1noc(-c2ccc(/C=C/c3ccc(-c4nc5ccccc5o4)cc3)cc2)n1.Cc1noc(-c2ccc(/C=C/c3ccc(-c4nc5ccccc5o4)cc3)cc2)n1. The van der Waals surface area contributed by atoms with Gasteiger partial charge < -0.3 is 17.9 Å². The van der Waals surface area contributed by atoms with Gasteiger partial charge >= 0.3 is 0 Å². The molecule has 10 aromatic rings. The van der Waals surface area contributed by atoms with Crippen LogP contribution in [0.2, 0.25) is 0 Å². The monoisotopic (exact) mass is 818 g/mol. The van der Waals surface area contributed by atoms with E-state index in [1.807, 2.05) is 149 Å². The van der Waals surface area contributed by atoms with E-state index in [2.05, 4.69) is 78.8 Å². The lowest BCUT2D eigenvalue weighted by Gasteiger charge is -1.99. The Morgan fingerprint density at radius 2 is 0.629 bits per heavy atom. The molecule has 0 saturated carbocycles. The van der Waals surface area contributed by atoms with Crippen LogP contribution in [-0.2, 0) is 0 Å². The summed E-state index contributed by atoms with van der Waals surface area (Å²) in [5, 5.41) is 7.64. The average Bonchev–Trinajstić information content (AvgIpc) is 4.17. The maximum absolute atomic E-state index is 5.83. The van der Waals surface area contributed by atoms with Gasteiger partial charge in [-0.2, -0.15) is 9.97 Å². The number of benzene rings is 6. The van der Waals surface area contributed by atoms with Crippen LogP contribution >= 0.6 is 0 Å². The molecule has 0 bridgehead atoms. The molecule has 6 aromatic carbocycles. The number of nitrogens with zero attached hydrogens (tertiary/aromatic N) is 6. The number of aromatic nitrogens is 6. The molecule has 0 amide bonds. The second-order valence-corrected chi connectivity index (χ2v) is 13.4. The maximum Gasteiger partial charge on any atom is 0.257 e. The van der Waals surface area contributed by atoms with Crippen molar-refractivity contribution in [1.82, 2.24) is 30.2 Å². The van der Waals surface area contributed by atoms with Crippen molar-refractivity contribution in [3.63, 3.8) is 0 Å². The molecule has 0 aliphatic rings. The fourth-order valence-corrected chi connectivity index (χ4v) is 6.15. The first kappa shape index (κ1) is 42.2. The maximum atomic E-state index is 5.83. The predicted octanol–water partition coefficient (Wildman–Crippen LogP) is 14.1. The van der Waals surface area contributed by atoms with Gasteiger partial charge in [-0.15, -0.1) is 0 Å². The number of aryl methyl sites for hydroxylation is 2. The number of rotatable bonds is 8. The smallest absolute Gasteiger partial charge is 0.257 e. The molecule has 10 rings (SSSR count). The third-order valence-electron chi connectivity index (χ3n) is 9.21. The summed E-state index contributed by atoms with van der Waals surface area (Å²) in [5.74, 6) is 3.60. The number of para-hydroxylation sites is 4. The van der Waals surface area contributed by atoms with Crippen molar-refractivity contribution < 1.29 is 17.9 Å². The molecule has 0 spiro atoms. The summed E-state index contributed by atoms with van der Waals surface area (Å²) in [4.78, 5) is 17.6. The van der Waals surface area contributed by atoms with E-state index >= 15 is 0 Å². The minimum absolute atomic E-state index is 0.535. The highest BCUT2D eigenvalue weighted by Crippen LogP contribution is 2.27. The zero-order chi connectivity index (χ0) is 43.3. The van der Waals surface area contributed by atoms with Crippen molar-refractivity contribution in [2.24, 2.45) is 0 Å². The fourth-order valence-electron chi connectivity index (χ4n) is 6.15. The van der Waals surface area contributed by atoms with Crippen molar-refractivity contribution in [3.05, 3.63) is 179 Å². The van der Waals surface area contributed by atoms with E-state index in [9.17, 15) is 0 Å². The van der Waals surface area contributed by atoms with E-state index < -0.39 is 0 Å². The van der Waals surface area contributed by atoms with Crippen molar-refractivity contribution in [2.75, 3.05) is 0 Å². The first-order chi connectivity index (χ1) is 30.5. The molecule has 4 aromatic heterocycles. The van der Waals surface area contributed by atoms with Crippen LogP contribution in [0.5, 0.6) is 0 Å². The minimum atomic E-state index is 0.535. The quantitative estimate of drug-likeness (QED) is 0.137. The first-order valence-electron chi connectivity index (χ1n) is 20.6. The molecule has 0 fully saturated rings. The fraction of sp³-hybridized carbons (Fsp3) is 0.115. The lowest BCUT2D eigenvalue weighted by atomic mass is 10.1.